The van der Waals surface area contributed by atoms with Crippen LogP contribution in [-0.4, -0.2) is 5.78 Å². The first-order valence-electron chi connectivity index (χ1n) is 6.32. The lowest BCUT2D eigenvalue weighted by molar-refractivity contribution is -0.122. The van der Waals surface area contributed by atoms with Crippen LogP contribution in [-0.2, 0) is 4.79 Å². The molecule has 1 nitrogen and oxygen atoms in total. The van der Waals surface area contributed by atoms with E-state index in [9.17, 15) is 4.79 Å². The first-order valence-corrected chi connectivity index (χ1v) is 6.32. The Hall–Kier alpha value is -0.590. The van der Waals surface area contributed by atoms with E-state index in [0.717, 1.165) is 0 Å². The topological polar surface area (TPSA) is 17.1 Å². The molecule has 0 amide bonds. The fourth-order valence-corrected chi connectivity index (χ4v) is 2.34. The van der Waals surface area contributed by atoms with Gasteiger partial charge in [0.25, 0.3) is 0 Å². The first kappa shape index (κ1) is 13.5. The van der Waals surface area contributed by atoms with Crippen LogP contribution in [0.2, 0.25) is 0 Å². The molecule has 1 aliphatic carbocycles. The van der Waals surface area contributed by atoms with Gasteiger partial charge in [0.2, 0.25) is 0 Å². The first-order chi connectivity index (χ1) is 7.11. The summed E-state index contributed by atoms with van der Waals surface area (Å²) in [6, 6.07) is 0. The number of carbonyl (C=O) groups is 1. The molecule has 1 saturated carbocycles. The maximum Gasteiger partial charge on any atom is 0.139 e. The maximum absolute atomic E-state index is 11.5. The summed E-state index contributed by atoms with van der Waals surface area (Å²) >= 11 is 0. The van der Waals surface area contributed by atoms with E-state index >= 15 is 0 Å². The smallest absolute Gasteiger partial charge is 0.139 e. The van der Waals surface area contributed by atoms with Gasteiger partial charge in [-0.2, -0.15) is 0 Å². The second-order valence-electron chi connectivity index (χ2n) is 6.77. The van der Waals surface area contributed by atoms with Crippen LogP contribution in [0, 0.1) is 16.2 Å². The second-order valence-corrected chi connectivity index (χ2v) is 6.77. The number of Topliss-reactive ketones (excluding diaryl/α,β-unsaturated/α-hetero) is 1. The van der Waals surface area contributed by atoms with Gasteiger partial charge in [-0.15, -0.1) is 0 Å². The molecule has 1 aliphatic rings. The van der Waals surface area contributed by atoms with E-state index < -0.39 is 0 Å². The zero-order chi connectivity index (χ0) is 12.6. The van der Waals surface area contributed by atoms with Crippen molar-refractivity contribution in [3.05, 3.63) is 12.2 Å². The van der Waals surface area contributed by atoms with Crippen LogP contribution in [0.5, 0.6) is 0 Å². The highest BCUT2D eigenvalue weighted by molar-refractivity contribution is 5.83. The normalized spacial score (nSPS) is 29.9. The van der Waals surface area contributed by atoms with Crippen molar-refractivity contribution < 1.29 is 4.79 Å². The molecule has 0 aliphatic heterocycles. The Morgan fingerprint density at radius 2 is 1.75 bits per heavy atom. The molecule has 0 heterocycles. The van der Waals surface area contributed by atoms with Gasteiger partial charge in [-0.1, -0.05) is 39.3 Å². The third-order valence-electron chi connectivity index (χ3n) is 4.82. The summed E-state index contributed by atoms with van der Waals surface area (Å²) in [4.78, 5) is 11.5. The van der Waals surface area contributed by atoms with Crippen LogP contribution in [0.4, 0.5) is 0 Å². The van der Waals surface area contributed by atoms with Gasteiger partial charge in [-0.25, -0.2) is 0 Å². The second kappa shape index (κ2) is 4.01. The Kier molecular flexibility index (Phi) is 3.38. The van der Waals surface area contributed by atoms with E-state index in [1.54, 1.807) is 6.92 Å². The predicted octanol–water partition coefficient (Wildman–Crippen LogP) is 4.37. The predicted molar refractivity (Wildman–Crippen MR) is 69.3 cm³/mol. The highest BCUT2D eigenvalue weighted by atomic mass is 16.1. The van der Waals surface area contributed by atoms with Crippen molar-refractivity contribution in [1.29, 1.82) is 0 Å². The van der Waals surface area contributed by atoms with Crippen molar-refractivity contribution in [3.63, 3.8) is 0 Å². The maximum atomic E-state index is 11.5. The Labute approximate surface area is 100 Å². The average Bonchev–Trinajstić information content (AvgIpc) is 2.39. The molecule has 1 atom stereocenters. The molecule has 1 rings (SSSR count). The van der Waals surface area contributed by atoms with Gasteiger partial charge in [-0.3, -0.25) is 4.79 Å². The van der Waals surface area contributed by atoms with Crippen molar-refractivity contribution in [2.45, 2.75) is 60.8 Å². The minimum absolute atomic E-state index is 0.239. The standard InChI is InChI=1S/C15H26O/c1-12(16)13(2,3)10-11-15(6)9-7-8-14(15,4)5/h10-11H,7-9H2,1-6H3. The van der Waals surface area contributed by atoms with Crippen molar-refractivity contribution >= 4 is 5.78 Å². The molecular formula is C15H26O. The lowest BCUT2D eigenvalue weighted by Gasteiger charge is -2.36. The summed E-state index contributed by atoms with van der Waals surface area (Å²) in [5.41, 5.74) is 0.289. The third kappa shape index (κ3) is 2.39. The summed E-state index contributed by atoms with van der Waals surface area (Å²) in [6.07, 6.45) is 8.23. The van der Waals surface area contributed by atoms with Crippen LogP contribution in [0.1, 0.15) is 60.8 Å². The molecule has 0 radical (unpaired) electrons. The quantitative estimate of drug-likeness (QED) is 0.648. The van der Waals surface area contributed by atoms with Gasteiger partial charge in [-0.05, 0) is 44.4 Å². The highest BCUT2D eigenvalue weighted by Crippen LogP contribution is 2.53. The Morgan fingerprint density at radius 1 is 1.19 bits per heavy atom. The molecule has 0 N–H and O–H groups in total. The summed E-state index contributed by atoms with van der Waals surface area (Å²) in [6.45, 7) is 12.7. The number of rotatable bonds is 3. The van der Waals surface area contributed by atoms with Crippen LogP contribution in [0.3, 0.4) is 0 Å². The molecule has 16 heavy (non-hydrogen) atoms. The Morgan fingerprint density at radius 3 is 2.12 bits per heavy atom. The van der Waals surface area contributed by atoms with E-state index in [2.05, 4.69) is 32.9 Å². The van der Waals surface area contributed by atoms with Crippen molar-refractivity contribution in [2.75, 3.05) is 0 Å². The van der Waals surface area contributed by atoms with Gasteiger partial charge in [0.15, 0.2) is 0 Å². The Bertz CT molecular complexity index is 309. The van der Waals surface area contributed by atoms with Crippen molar-refractivity contribution in [3.8, 4) is 0 Å². The van der Waals surface area contributed by atoms with Crippen LogP contribution in [0.25, 0.3) is 0 Å². The van der Waals surface area contributed by atoms with Gasteiger partial charge in [0.1, 0.15) is 5.78 Å². The fourth-order valence-electron chi connectivity index (χ4n) is 2.34. The van der Waals surface area contributed by atoms with E-state index in [-0.39, 0.29) is 16.6 Å². The molecular weight excluding hydrogens is 196 g/mol. The number of hydrogen-bond donors (Lipinski definition) is 0. The molecule has 0 spiro atoms. The highest BCUT2D eigenvalue weighted by Gasteiger charge is 2.43. The largest absolute Gasteiger partial charge is 0.299 e. The lowest BCUT2D eigenvalue weighted by Crippen LogP contribution is -2.28. The molecule has 1 heteroatoms. The molecule has 0 aromatic rings. The fraction of sp³-hybridized carbons (Fsp3) is 0.800. The van der Waals surface area contributed by atoms with Crippen molar-refractivity contribution in [1.82, 2.24) is 0 Å². The summed E-state index contributed by atoms with van der Waals surface area (Å²) in [5.74, 6) is 0.239. The molecule has 1 fully saturated rings. The SMILES string of the molecule is CC(=O)C(C)(C)C=CC1(C)CCCC1(C)C. The molecule has 92 valence electrons. The number of allylic oxidation sites excluding steroid dienone is 2. The summed E-state index contributed by atoms with van der Waals surface area (Å²) in [7, 11) is 0. The third-order valence-corrected chi connectivity index (χ3v) is 4.82. The van der Waals surface area contributed by atoms with Gasteiger partial charge in [0.05, 0.1) is 0 Å². The van der Waals surface area contributed by atoms with Gasteiger partial charge < -0.3 is 0 Å². The van der Waals surface area contributed by atoms with Gasteiger partial charge in [0, 0.05) is 5.41 Å². The van der Waals surface area contributed by atoms with Crippen LogP contribution >= 0.6 is 0 Å². The van der Waals surface area contributed by atoms with Gasteiger partial charge >= 0.3 is 0 Å². The minimum atomic E-state index is -0.318. The Balaban J connectivity index is 2.89. The minimum Gasteiger partial charge on any atom is -0.299 e. The van der Waals surface area contributed by atoms with Crippen LogP contribution in [0.15, 0.2) is 12.2 Å². The molecule has 0 aromatic carbocycles. The zero-order valence-electron chi connectivity index (χ0n) is 11.7. The molecule has 0 bridgehead atoms. The molecule has 0 saturated heterocycles. The summed E-state index contributed by atoms with van der Waals surface area (Å²) < 4.78 is 0. The average molecular weight is 222 g/mol. The zero-order valence-corrected chi connectivity index (χ0v) is 11.7. The molecule has 0 aromatic heterocycles. The number of ketones is 1. The van der Waals surface area contributed by atoms with E-state index in [1.165, 1.54) is 19.3 Å². The monoisotopic (exact) mass is 222 g/mol. The van der Waals surface area contributed by atoms with Crippen molar-refractivity contribution in [2.24, 2.45) is 16.2 Å². The number of carbonyl (C=O) groups excluding carboxylic acids is 1. The van der Waals surface area contributed by atoms with E-state index in [1.807, 2.05) is 13.8 Å². The van der Waals surface area contributed by atoms with E-state index in [4.69, 9.17) is 0 Å². The lowest BCUT2D eigenvalue weighted by atomic mass is 9.68. The molecule has 1 unspecified atom stereocenters. The van der Waals surface area contributed by atoms with Crippen LogP contribution < -0.4 is 0 Å². The summed E-state index contributed by atoms with van der Waals surface area (Å²) in [5, 5.41) is 0. The number of hydrogen-bond acceptors (Lipinski definition) is 1. The van der Waals surface area contributed by atoms with E-state index in [0.29, 0.717) is 5.41 Å².